The maximum Gasteiger partial charge on any atom is 0.417 e. The number of piperidine rings is 1. The molecule has 26 heavy (non-hydrogen) atoms. The van der Waals surface area contributed by atoms with E-state index in [2.05, 4.69) is 15.2 Å². The molecule has 1 saturated heterocycles. The highest BCUT2D eigenvalue weighted by molar-refractivity contribution is 5.96. The Balaban J connectivity index is 1.65. The zero-order valence-corrected chi connectivity index (χ0v) is 14.2. The first kappa shape index (κ1) is 18.4. The van der Waals surface area contributed by atoms with Crippen molar-refractivity contribution in [1.82, 2.24) is 15.2 Å². The van der Waals surface area contributed by atoms with Gasteiger partial charge < -0.3 is 5.32 Å². The second-order valence-electron chi connectivity index (χ2n) is 6.45. The van der Waals surface area contributed by atoms with Crippen LogP contribution in [0.4, 0.5) is 13.2 Å². The van der Waals surface area contributed by atoms with E-state index in [1.54, 1.807) is 12.4 Å². The quantitative estimate of drug-likeness (QED) is 0.904. The average molecular weight is 363 g/mol. The molecule has 2 heterocycles. The van der Waals surface area contributed by atoms with Gasteiger partial charge in [0.25, 0.3) is 5.91 Å². The van der Waals surface area contributed by atoms with Gasteiger partial charge in [-0.3, -0.25) is 14.7 Å². The molecule has 0 saturated carbocycles. The number of hydrogen-bond donors (Lipinski definition) is 1. The fourth-order valence-electron chi connectivity index (χ4n) is 3.26. The molecular weight excluding hydrogens is 343 g/mol. The highest BCUT2D eigenvalue weighted by atomic mass is 19.4. The van der Waals surface area contributed by atoms with Gasteiger partial charge in [-0.15, -0.1) is 0 Å². The van der Waals surface area contributed by atoms with Crippen molar-refractivity contribution in [2.45, 2.75) is 31.6 Å². The summed E-state index contributed by atoms with van der Waals surface area (Å²) in [5, 5.41) is 2.77. The Morgan fingerprint density at radius 2 is 2.04 bits per heavy atom. The van der Waals surface area contributed by atoms with Gasteiger partial charge in [-0.25, -0.2) is 0 Å². The number of nitrogens with one attached hydrogen (secondary N) is 1. The molecule has 4 nitrogen and oxygen atoms in total. The van der Waals surface area contributed by atoms with Crippen LogP contribution in [0.2, 0.25) is 0 Å². The summed E-state index contributed by atoms with van der Waals surface area (Å²) in [5.41, 5.74) is -0.160. The molecule has 1 unspecified atom stereocenters. The Morgan fingerprint density at radius 1 is 1.23 bits per heavy atom. The predicted octanol–water partition coefficient (Wildman–Crippen LogP) is 3.49. The Morgan fingerprint density at radius 3 is 2.77 bits per heavy atom. The zero-order valence-electron chi connectivity index (χ0n) is 14.2. The van der Waals surface area contributed by atoms with Gasteiger partial charge in [-0.05, 0) is 43.1 Å². The van der Waals surface area contributed by atoms with Crippen LogP contribution in [0.5, 0.6) is 0 Å². The average Bonchev–Trinajstić information content (AvgIpc) is 2.62. The lowest BCUT2D eigenvalue weighted by atomic mass is 10.0. The van der Waals surface area contributed by atoms with E-state index in [1.807, 2.05) is 12.1 Å². The normalized spacial score (nSPS) is 18.5. The monoisotopic (exact) mass is 363 g/mol. The van der Waals surface area contributed by atoms with Crippen LogP contribution in [-0.2, 0) is 12.7 Å². The highest BCUT2D eigenvalue weighted by Gasteiger charge is 2.35. The molecule has 1 atom stereocenters. The van der Waals surface area contributed by atoms with Crippen molar-refractivity contribution in [3.63, 3.8) is 0 Å². The number of halogens is 3. The van der Waals surface area contributed by atoms with Crippen LogP contribution < -0.4 is 5.32 Å². The van der Waals surface area contributed by atoms with Gasteiger partial charge in [0.05, 0.1) is 11.1 Å². The van der Waals surface area contributed by atoms with Crippen LogP contribution in [0.15, 0.2) is 48.8 Å². The third-order valence-corrected chi connectivity index (χ3v) is 4.45. The molecule has 1 aromatic heterocycles. The van der Waals surface area contributed by atoms with Crippen molar-refractivity contribution >= 4 is 5.91 Å². The number of nitrogens with zero attached hydrogens (tertiary/aromatic N) is 2. The van der Waals surface area contributed by atoms with Crippen molar-refractivity contribution in [2.24, 2.45) is 0 Å². The number of carbonyl (C=O) groups excluding carboxylic acids is 1. The van der Waals surface area contributed by atoms with E-state index in [0.29, 0.717) is 13.1 Å². The molecule has 1 amide bonds. The summed E-state index contributed by atoms with van der Waals surface area (Å²) in [6.07, 6.45) is 0.588. The van der Waals surface area contributed by atoms with Gasteiger partial charge in [0.15, 0.2) is 0 Å². The van der Waals surface area contributed by atoms with Gasteiger partial charge in [0, 0.05) is 31.5 Å². The van der Waals surface area contributed by atoms with E-state index in [4.69, 9.17) is 0 Å². The lowest BCUT2D eigenvalue weighted by molar-refractivity contribution is -0.137. The van der Waals surface area contributed by atoms with Crippen molar-refractivity contribution in [3.05, 3.63) is 65.5 Å². The molecule has 0 spiro atoms. The van der Waals surface area contributed by atoms with Crippen molar-refractivity contribution in [2.75, 3.05) is 13.1 Å². The highest BCUT2D eigenvalue weighted by Crippen LogP contribution is 2.31. The van der Waals surface area contributed by atoms with Crippen LogP contribution >= 0.6 is 0 Å². The molecule has 1 N–H and O–H groups in total. The van der Waals surface area contributed by atoms with E-state index < -0.39 is 17.6 Å². The minimum absolute atomic E-state index is 0.172. The first-order valence-electron chi connectivity index (χ1n) is 8.52. The van der Waals surface area contributed by atoms with Gasteiger partial charge in [-0.2, -0.15) is 13.2 Å². The third-order valence-electron chi connectivity index (χ3n) is 4.45. The number of likely N-dealkylation sites (tertiary alicyclic amines) is 1. The minimum atomic E-state index is -4.55. The molecular formula is C19H20F3N3O. The van der Waals surface area contributed by atoms with E-state index >= 15 is 0 Å². The Bertz CT molecular complexity index is 749. The summed E-state index contributed by atoms with van der Waals surface area (Å²) in [6, 6.07) is 8.56. The summed E-state index contributed by atoms with van der Waals surface area (Å²) >= 11 is 0. The van der Waals surface area contributed by atoms with Gasteiger partial charge in [-0.1, -0.05) is 18.2 Å². The van der Waals surface area contributed by atoms with E-state index in [-0.39, 0.29) is 11.6 Å². The summed E-state index contributed by atoms with van der Waals surface area (Å²) in [4.78, 5) is 18.7. The Hall–Kier alpha value is -2.41. The molecule has 0 bridgehead atoms. The van der Waals surface area contributed by atoms with Crippen LogP contribution in [0.1, 0.15) is 34.3 Å². The van der Waals surface area contributed by atoms with Gasteiger partial charge in [0.1, 0.15) is 0 Å². The number of carbonyl (C=O) groups is 1. The van der Waals surface area contributed by atoms with Crippen molar-refractivity contribution < 1.29 is 18.0 Å². The van der Waals surface area contributed by atoms with Crippen LogP contribution in [0.25, 0.3) is 0 Å². The summed E-state index contributed by atoms with van der Waals surface area (Å²) in [5.74, 6) is -0.675. The molecule has 0 radical (unpaired) electrons. The summed E-state index contributed by atoms with van der Waals surface area (Å²) in [6.45, 7) is 2.20. The van der Waals surface area contributed by atoms with Crippen molar-refractivity contribution in [1.29, 1.82) is 0 Å². The molecule has 138 valence electrons. The Kier molecular flexibility index (Phi) is 5.56. The Labute approximate surface area is 150 Å². The zero-order chi connectivity index (χ0) is 18.6. The number of benzene rings is 1. The van der Waals surface area contributed by atoms with Crippen LogP contribution in [0, 0.1) is 0 Å². The number of hydrogen-bond acceptors (Lipinski definition) is 3. The SMILES string of the molecule is O=C(NC1CCCN(Cc2cccnc2)C1)c1ccccc1C(F)(F)F. The molecule has 1 fully saturated rings. The van der Waals surface area contributed by atoms with Crippen LogP contribution in [-0.4, -0.2) is 34.9 Å². The van der Waals surface area contributed by atoms with E-state index in [9.17, 15) is 18.0 Å². The molecule has 1 aromatic carbocycles. The number of alkyl halides is 3. The standard InChI is InChI=1S/C19H20F3N3O/c20-19(21,22)17-8-2-1-7-16(17)18(26)24-15-6-4-10-25(13-15)12-14-5-3-9-23-11-14/h1-3,5,7-9,11,15H,4,6,10,12-13H2,(H,24,26). The molecule has 3 rings (SSSR count). The van der Waals surface area contributed by atoms with E-state index in [0.717, 1.165) is 31.0 Å². The molecule has 0 aliphatic carbocycles. The second kappa shape index (κ2) is 7.86. The second-order valence-corrected chi connectivity index (χ2v) is 6.45. The largest absolute Gasteiger partial charge is 0.417 e. The summed E-state index contributed by atoms with van der Waals surface area (Å²) in [7, 11) is 0. The number of rotatable bonds is 4. The number of pyridine rings is 1. The number of aromatic nitrogens is 1. The van der Waals surface area contributed by atoms with Gasteiger partial charge >= 0.3 is 6.18 Å². The lowest BCUT2D eigenvalue weighted by Gasteiger charge is -2.33. The maximum atomic E-state index is 13.1. The number of amides is 1. The summed E-state index contributed by atoms with van der Waals surface area (Å²) < 4.78 is 39.3. The minimum Gasteiger partial charge on any atom is -0.348 e. The fourth-order valence-corrected chi connectivity index (χ4v) is 3.26. The lowest BCUT2D eigenvalue weighted by Crippen LogP contribution is -2.47. The van der Waals surface area contributed by atoms with Gasteiger partial charge in [0.2, 0.25) is 0 Å². The molecule has 1 aliphatic heterocycles. The van der Waals surface area contributed by atoms with Crippen molar-refractivity contribution in [3.8, 4) is 0 Å². The van der Waals surface area contributed by atoms with Crippen LogP contribution in [0.3, 0.4) is 0 Å². The molecule has 1 aliphatic rings. The molecule has 7 heteroatoms. The smallest absolute Gasteiger partial charge is 0.348 e. The topological polar surface area (TPSA) is 45.2 Å². The first-order chi connectivity index (χ1) is 12.4. The van der Waals surface area contributed by atoms with E-state index in [1.165, 1.54) is 18.2 Å². The fraction of sp³-hybridized carbons (Fsp3) is 0.368. The molecule has 2 aromatic rings. The third kappa shape index (κ3) is 4.60. The maximum absolute atomic E-state index is 13.1. The first-order valence-corrected chi connectivity index (χ1v) is 8.52. The predicted molar refractivity (Wildman–Crippen MR) is 91.4 cm³/mol.